The summed E-state index contributed by atoms with van der Waals surface area (Å²) in [4.78, 5) is 14.2. The SMILES string of the molecule is O=C(COc1ccccc1C(F)(F)F)Nc1ccc(N2CCOCC2)cc1. The van der Waals surface area contributed by atoms with Crippen molar-refractivity contribution < 1.29 is 27.4 Å². The fourth-order valence-corrected chi connectivity index (χ4v) is 2.74. The second-order valence-corrected chi connectivity index (χ2v) is 5.98. The van der Waals surface area contributed by atoms with E-state index >= 15 is 0 Å². The number of para-hydroxylation sites is 1. The number of nitrogens with one attached hydrogen (secondary N) is 1. The van der Waals surface area contributed by atoms with Crippen molar-refractivity contribution >= 4 is 17.3 Å². The van der Waals surface area contributed by atoms with Crippen LogP contribution in [0.2, 0.25) is 0 Å². The molecule has 5 nitrogen and oxygen atoms in total. The van der Waals surface area contributed by atoms with Crippen LogP contribution in [0.15, 0.2) is 48.5 Å². The number of carbonyl (C=O) groups is 1. The molecule has 1 N–H and O–H groups in total. The lowest BCUT2D eigenvalue weighted by atomic mass is 10.2. The maximum absolute atomic E-state index is 12.9. The van der Waals surface area contributed by atoms with Crippen molar-refractivity contribution in [2.45, 2.75) is 6.18 Å². The Labute approximate surface area is 154 Å². The minimum absolute atomic E-state index is 0.372. The number of morpholine rings is 1. The van der Waals surface area contributed by atoms with Crippen LogP contribution in [0.4, 0.5) is 24.5 Å². The van der Waals surface area contributed by atoms with E-state index in [0.29, 0.717) is 18.9 Å². The summed E-state index contributed by atoms with van der Waals surface area (Å²) in [5.74, 6) is -0.908. The smallest absolute Gasteiger partial charge is 0.419 e. The van der Waals surface area contributed by atoms with E-state index in [4.69, 9.17) is 9.47 Å². The predicted molar refractivity (Wildman–Crippen MR) is 95.0 cm³/mol. The van der Waals surface area contributed by atoms with Crippen molar-refractivity contribution in [2.75, 3.05) is 43.1 Å². The zero-order valence-corrected chi connectivity index (χ0v) is 14.5. The number of hydrogen-bond donors (Lipinski definition) is 1. The first kappa shape index (κ1) is 19.0. The number of alkyl halides is 3. The third kappa shape index (κ3) is 5.13. The van der Waals surface area contributed by atoms with E-state index in [1.54, 1.807) is 12.1 Å². The topological polar surface area (TPSA) is 50.8 Å². The maximum Gasteiger partial charge on any atom is 0.419 e. The molecular formula is C19H19F3N2O3. The molecule has 0 unspecified atom stereocenters. The van der Waals surface area contributed by atoms with Crippen LogP contribution in [0.1, 0.15) is 5.56 Å². The summed E-state index contributed by atoms with van der Waals surface area (Å²) in [6.07, 6.45) is -4.54. The number of ether oxygens (including phenoxy) is 2. The number of halogens is 3. The third-order valence-corrected chi connectivity index (χ3v) is 4.08. The van der Waals surface area contributed by atoms with Gasteiger partial charge in [0.2, 0.25) is 0 Å². The molecule has 0 saturated carbocycles. The Hall–Kier alpha value is -2.74. The molecule has 1 aliphatic heterocycles. The highest BCUT2D eigenvalue weighted by molar-refractivity contribution is 5.92. The van der Waals surface area contributed by atoms with Crippen LogP contribution in [0.5, 0.6) is 5.75 Å². The fraction of sp³-hybridized carbons (Fsp3) is 0.316. The summed E-state index contributed by atoms with van der Waals surface area (Å²) < 4.78 is 49.1. The Bertz CT molecular complexity index is 773. The molecule has 3 rings (SSSR count). The molecule has 0 spiro atoms. The second kappa shape index (κ2) is 8.30. The first-order valence-electron chi connectivity index (χ1n) is 8.45. The molecule has 144 valence electrons. The molecule has 1 saturated heterocycles. The molecule has 1 amide bonds. The molecule has 1 heterocycles. The zero-order valence-electron chi connectivity index (χ0n) is 14.5. The first-order valence-corrected chi connectivity index (χ1v) is 8.45. The van der Waals surface area contributed by atoms with Gasteiger partial charge in [0.15, 0.2) is 6.61 Å². The van der Waals surface area contributed by atoms with Crippen molar-refractivity contribution in [3.8, 4) is 5.75 Å². The molecule has 2 aromatic carbocycles. The number of rotatable bonds is 5. The Morgan fingerprint density at radius 2 is 1.74 bits per heavy atom. The minimum Gasteiger partial charge on any atom is -0.483 e. The summed E-state index contributed by atoms with van der Waals surface area (Å²) in [5, 5.41) is 2.61. The van der Waals surface area contributed by atoms with Crippen LogP contribution in [-0.2, 0) is 15.7 Å². The maximum atomic E-state index is 12.9. The van der Waals surface area contributed by atoms with E-state index in [1.807, 2.05) is 12.1 Å². The molecule has 8 heteroatoms. The van der Waals surface area contributed by atoms with Gasteiger partial charge < -0.3 is 19.7 Å². The van der Waals surface area contributed by atoms with Crippen LogP contribution in [0.25, 0.3) is 0 Å². The van der Waals surface area contributed by atoms with Gasteiger partial charge in [0.1, 0.15) is 5.75 Å². The van der Waals surface area contributed by atoms with Crippen LogP contribution >= 0.6 is 0 Å². The van der Waals surface area contributed by atoms with Crippen LogP contribution < -0.4 is 15.0 Å². The van der Waals surface area contributed by atoms with E-state index in [9.17, 15) is 18.0 Å². The van der Waals surface area contributed by atoms with Gasteiger partial charge in [-0.25, -0.2) is 0 Å². The van der Waals surface area contributed by atoms with Gasteiger partial charge >= 0.3 is 6.18 Å². The van der Waals surface area contributed by atoms with Crippen molar-refractivity contribution in [1.29, 1.82) is 0 Å². The van der Waals surface area contributed by atoms with Gasteiger partial charge in [-0.2, -0.15) is 13.2 Å². The number of amides is 1. The van der Waals surface area contributed by atoms with Crippen molar-refractivity contribution in [2.24, 2.45) is 0 Å². The molecule has 0 bridgehead atoms. The lowest BCUT2D eigenvalue weighted by Gasteiger charge is -2.28. The molecule has 0 aromatic heterocycles. The average Bonchev–Trinajstić information content (AvgIpc) is 2.67. The normalized spacial score (nSPS) is 14.7. The average molecular weight is 380 g/mol. The number of carbonyl (C=O) groups excluding carboxylic acids is 1. The standard InChI is InChI=1S/C19H19F3N2O3/c20-19(21,22)16-3-1-2-4-17(16)27-13-18(25)23-14-5-7-15(8-6-14)24-9-11-26-12-10-24/h1-8H,9-13H2,(H,23,25). The number of anilines is 2. The molecule has 0 aliphatic carbocycles. The highest BCUT2D eigenvalue weighted by Crippen LogP contribution is 2.35. The van der Waals surface area contributed by atoms with Gasteiger partial charge in [-0.15, -0.1) is 0 Å². The third-order valence-electron chi connectivity index (χ3n) is 4.08. The largest absolute Gasteiger partial charge is 0.483 e. The van der Waals surface area contributed by atoms with Gasteiger partial charge in [-0.1, -0.05) is 12.1 Å². The highest BCUT2D eigenvalue weighted by Gasteiger charge is 2.34. The monoisotopic (exact) mass is 380 g/mol. The Balaban J connectivity index is 1.55. The van der Waals surface area contributed by atoms with Crippen molar-refractivity contribution in [3.63, 3.8) is 0 Å². The molecule has 27 heavy (non-hydrogen) atoms. The molecule has 2 aromatic rings. The lowest BCUT2D eigenvalue weighted by Crippen LogP contribution is -2.36. The van der Waals surface area contributed by atoms with Crippen LogP contribution in [0, 0.1) is 0 Å². The molecule has 1 fully saturated rings. The summed E-state index contributed by atoms with van der Waals surface area (Å²) in [6, 6.07) is 12.0. The summed E-state index contributed by atoms with van der Waals surface area (Å²) in [5.41, 5.74) is 0.657. The summed E-state index contributed by atoms with van der Waals surface area (Å²) >= 11 is 0. The van der Waals surface area contributed by atoms with Gasteiger partial charge in [-0.3, -0.25) is 4.79 Å². The van der Waals surface area contributed by atoms with Crippen molar-refractivity contribution in [1.82, 2.24) is 0 Å². The molecule has 0 atom stereocenters. The first-order chi connectivity index (χ1) is 12.9. The van der Waals surface area contributed by atoms with Gasteiger partial charge in [-0.05, 0) is 36.4 Å². The molecule has 1 aliphatic rings. The summed E-state index contributed by atoms with van der Waals surface area (Å²) in [7, 11) is 0. The number of hydrogen-bond acceptors (Lipinski definition) is 4. The second-order valence-electron chi connectivity index (χ2n) is 5.98. The minimum atomic E-state index is -4.54. The van der Waals surface area contributed by atoms with Crippen LogP contribution in [-0.4, -0.2) is 38.8 Å². The molecule has 0 radical (unpaired) electrons. The zero-order chi connectivity index (χ0) is 19.3. The Kier molecular flexibility index (Phi) is 5.85. The van der Waals surface area contributed by atoms with Crippen molar-refractivity contribution in [3.05, 3.63) is 54.1 Å². The van der Waals surface area contributed by atoms with E-state index in [0.717, 1.165) is 24.8 Å². The Morgan fingerprint density at radius 3 is 2.41 bits per heavy atom. The van der Waals surface area contributed by atoms with Crippen LogP contribution in [0.3, 0.4) is 0 Å². The fourth-order valence-electron chi connectivity index (χ4n) is 2.74. The van der Waals surface area contributed by atoms with E-state index in [-0.39, 0.29) is 5.75 Å². The van der Waals surface area contributed by atoms with Gasteiger partial charge in [0, 0.05) is 24.5 Å². The summed E-state index contributed by atoms with van der Waals surface area (Å²) in [6.45, 7) is 2.44. The number of nitrogens with zero attached hydrogens (tertiary/aromatic N) is 1. The molecular weight excluding hydrogens is 361 g/mol. The van der Waals surface area contributed by atoms with E-state index < -0.39 is 24.3 Å². The van der Waals surface area contributed by atoms with Gasteiger partial charge in [0.25, 0.3) is 5.91 Å². The van der Waals surface area contributed by atoms with Gasteiger partial charge in [0.05, 0.1) is 18.8 Å². The Morgan fingerprint density at radius 1 is 1.07 bits per heavy atom. The quantitative estimate of drug-likeness (QED) is 0.862. The highest BCUT2D eigenvalue weighted by atomic mass is 19.4. The van der Waals surface area contributed by atoms with E-state index in [2.05, 4.69) is 10.2 Å². The predicted octanol–water partition coefficient (Wildman–Crippen LogP) is 3.56. The van der Waals surface area contributed by atoms with E-state index in [1.165, 1.54) is 18.2 Å². The number of benzene rings is 2. The lowest BCUT2D eigenvalue weighted by molar-refractivity contribution is -0.139.